The van der Waals surface area contributed by atoms with E-state index in [9.17, 15) is 0 Å². The van der Waals surface area contributed by atoms with Crippen molar-refractivity contribution >= 4 is 16.4 Å². The van der Waals surface area contributed by atoms with Crippen molar-refractivity contribution in [2.75, 3.05) is 0 Å². The Balaban J connectivity index is 2.50. The molecule has 0 atom stereocenters. The molecule has 0 amide bonds. The number of hydrogen-bond donors (Lipinski definition) is 0. The van der Waals surface area contributed by atoms with Crippen molar-refractivity contribution in [1.82, 2.24) is 9.38 Å². The van der Waals surface area contributed by atoms with Crippen LogP contribution in [0.25, 0.3) is 16.4 Å². The Hall–Kier alpha value is -1.83. The standard InChI is InChI=1S/C19H24N2/c1-18(2,3)15-12-21-16(19(4,5)6)11-20-17(21)14-10-8-7-9-13(14)15/h7-12H,1-6H3. The summed E-state index contributed by atoms with van der Waals surface area (Å²) in [6.45, 7) is 13.5. The van der Waals surface area contributed by atoms with Gasteiger partial charge in [0.1, 0.15) is 5.65 Å². The van der Waals surface area contributed by atoms with Crippen molar-refractivity contribution in [1.29, 1.82) is 0 Å². The molecule has 0 fully saturated rings. The maximum absolute atomic E-state index is 4.70. The highest BCUT2D eigenvalue weighted by Crippen LogP contribution is 2.34. The van der Waals surface area contributed by atoms with Gasteiger partial charge in [-0.1, -0.05) is 65.8 Å². The van der Waals surface area contributed by atoms with E-state index in [-0.39, 0.29) is 10.8 Å². The van der Waals surface area contributed by atoms with Crippen LogP contribution in [0.2, 0.25) is 0 Å². The van der Waals surface area contributed by atoms with Gasteiger partial charge in [0.15, 0.2) is 0 Å². The molecule has 3 aromatic rings. The van der Waals surface area contributed by atoms with E-state index >= 15 is 0 Å². The van der Waals surface area contributed by atoms with Crippen LogP contribution in [0.5, 0.6) is 0 Å². The monoisotopic (exact) mass is 280 g/mol. The van der Waals surface area contributed by atoms with Crippen molar-refractivity contribution < 1.29 is 0 Å². The lowest BCUT2D eigenvalue weighted by Gasteiger charge is -2.24. The molecule has 0 bridgehead atoms. The normalized spacial score (nSPS) is 13.2. The zero-order chi connectivity index (χ0) is 15.4. The number of rotatable bonds is 0. The molecule has 1 aromatic carbocycles. The predicted molar refractivity (Wildman–Crippen MR) is 90.1 cm³/mol. The van der Waals surface area contributed by atoms with E-state index in [2.05, 4.69) is 76.4 Å². The first kappa shape index (κ1) is 14.1. The van der Waals surface area contributed by atoms with Crippen LogP contribution in [0.1, 0.15) is 52.8 Å². The number of benzene rings is 1. The molecule has 0 aliphatic carbocycles. The molecule has 0 saturated carbocycles. The van der Waals surface area contributed by atoms with E-state index < -0.39 is 0 Å². The molecule has 0 spiro atoms. The fourth-order valence-electron chi connectivity index (χ4n) is 2.96. The lowest BCUT2D eigenvalue weighted by atomic mass is 9.84. The van der Waals surface area contributed by atoms with Gasteiger partial charge in [-0.15, -0.1) is 0 Å². The fraction of sp³-hybridized carbons (Fsp3) is 0.421. The molecule has 2 nitrogen and oxygen atoms in total. The molecular formula is C19H24N2. The minimum absolute atomic E-state index is 0.0804. The zero-order valence-electron chi connectivity index (χ0n) is 13.9. The third kappa shape index (κ3) is 2.23. The van der Waals surface area contributed by atoms with Gasteiger partial charge in [0.05, 0.1) is 0 Å². The van der Waals surface area contributed by atoms with Gasteiger partial charge in [-0.25, -0.2) is 4.98 Å². The van der Waals surface area contributed by atoms with Gasteiger partial charge in [-0.2, -0.15) is 0 Å². The summed E-state index contributed by atoms with van der Waals surface area (Å²) in [6, 6.07) is 8.60. The molecule has 0 aliphatic heterocycles. The van der Waals surface area contributed by atoms with Crippen LogP contribution in [0, 0.1) is 0 Å². The van der Waals surface area contributed by atoms with Gasteiger partial charge < -0.3 is 4.40 Å². The van der Waals surface area contributed by atoms with Crippen LogP contribution in [0.15, 0.2) is 36.7 Å². The Kier molecular flexibility index (Phi) is 2.91. The zero-order valence-corrected chi connectivity index (χ0v) is 13.9. The molecule has 0 saturated heterocycles. The highest BCUT2D eigenvalue weighted by atomic mass is 15.0. The van der Waals surface area contributed by atoms with Gasteiger partial charge in [0.2, 0.25) is 0 Å². The number of nitrogens with zero attached hydrogens (tertiary/aromatic N) is 2. The van der Waals surface area contributed by atoms with Crippen molar-refractivity contribution in [2.24, 2.45) is 0 Å². The van der Waals surface area contributed by atoms with Crippen LogP contribution in [0.3, 0.4) is 0 Å². The summed E-state index contributed by atoms with van der Waals surface area (Å²) in [7, 11) is 0. The highest BCUT2D eigenvalue weighted by Gasteiger charge is 2.23. The summed E-state index contributed by atoms with van der Waals surface area (Å²) in [5.41, 5.74) is 3.87. The molecule has 2 heterocycles. The predicted octanol–water partition coefficient (Wildman–Crippen LogP) is 5.08. The van der Waals surface area contributed by atoms with Crippen LogP contribution in [-0.4, -0.2) is 9.38 Å². The summed E-state index contributed by atoms with van der Waals surface area (Å²) in [5, 5.41) is 2.55. The van der Waals surface area contributed by atoms with Crippen LogP contribution < -0.4 is 0 Å². The van der Waals surface area contributed by atoms with E-state index in [1.54, 1.807) is 0 Å². The van der Waals surface area contributed by atoms with Crippen molar-refractivity contribution in [3.63, 3.8) is 0 Å². The molecule has 0 N–H and O–H groups in total. The molecule has 0 unspecified atom stereocenters. The minimum Gasteiger partial charge on any atom is -0.303 e. The Labute approximate surface area is 126 Å². The lowest BCUT2D eigenvalue weighted by Crippen LogP contribution is -2.17. The van der Waals surface area contributed by atoms with Crippen molar-refractivity contribution in [2.45, 2.75) is 52.4 Å². The summed E-state index contributed by atoms with van der Waals surface area (Å²) < 4.78 is 2.28. The first-order valence-electron chi connectivity index (χ1n) is 7.59. The van der Waals surface area contributed by atoms with Crippen LogP contribution in [0.4, 0.5) is 0 Å². The van der Waals surface area contributed by atoms with Crippen molar-refractivity contribution in [3.8, 4) is 0 Å². The van der Waals surface area contributed by atoms with Gasteiger partial charge in [0, 0.05) is 28.9 Å². The van der Waals surface area contributed by atoms with Crippen LogP contribution >= 0.6 is 0 Å². The third-order valence-electron chi connectivity index (χ3n) is 4.09. The van der Waals surface area contributed by atoms with Gasteiger partial charge in [-0.05, 0) is 16.4 Å². The largest absolute Gasteiger partial charge is 0.303 e. The van der Waals surface area contributed by atoms with Crippen LogP contribution in [-0.2, 0) is 10.8 Å². The quantitative estimate of drug-likeness (QED) is 0.561. The number of pyridine rings is 1. The SMILES string of the molecule is CC(C)(C)c1cn2c(C(C)(C)C)cnc2c2ccccc12. The van der Waals surface area contributed by atoms with Gasteiger partial charge in [-0.3, -0.25) is 0 Å². The van der Waals surface area contributed by atoms with E-state index in [4.69, 9.17) is 4.98 Å². The Bertz CT molecular complexity index is 811. The first-order chi connectivity index (χ1) is 9.69. The topological polar surface area (TPSA) is 17.3 Å². The average Bonchev–Trinajstić information content (AvgIpc) is 2.80. The van der Waals surface area contributed by atoms with E-state index in [1.807, 2.05) is 6.20 Å². The first-order valence-corrected chi connectivity index (χ1v) is 7.59. The summed E-state index contributed by atoms with van der Waals surface area (Å²) in [6.07, 6.45) is 4.31. The number of fused-ring (bicyclic) bond motifs is 3. The molecule has 2 aromatic heterocycles. The smallest absolute Gasteiger partial charge is 0.144 e. The second kappa shape index (κ2) is 4.33. The maximum Gasteiger partial charge on any atom is 0.144 e. The minimum atomic E-state index is 0.0804. The molecule has 2 heteroatoms. The number of hydrogen-bond acceptors (Lipinski definition) is 1. The molecular weight excluding hydrogens is 256 g/mol. The molecule has 21 heavy (non-hydrogen) atoms. The second-order valence-corrected chi connectivity index (χ2v) is 7.93. The molecule has 3 rings (SSSR count). The average molecular weight is 280 g/mol. The third-order valence-corrected chi connectivity index (χ3v) is 4.09. The second-order valence-electron chi connectivity index (χ2n) is 7.93. The summed E-state index contributed by atoms with van der Waals surface area (Å²) in [5.74, 6) is 0. The fourth-order valence-corrected chi connectivity index (χ4v) is 2.96. The van der Waals surface area contributed by atoms with E-state index in [1.165, 1.54) is 22.0 Å². The number of imidazole rings is 1. The van der Waals surface area contributed by atoms with Gasteiger partial charge in [0.25, 0.3) is 0 Å². The lowest BCUT2D eigenvalue weighted by molar-refractivity contribution is 0.557. The molecule has 110 valence electrons. The van der Waals surface area contributed by atoms with E-state index in [0.29, 0.717) is 0 Å². The number of aromatic nitrogens is 2. The molecule has 0 radical (unpaired) electrons. The molecule has 0 aliphatic rings. The van der Waals surface area contributed by atoms with Crippen molar-refractivity contribution in [3.05, 3.63) is 47.9 Å². The highest BCUT2D eigenvalue weighted by molar-refractivity contribution is 5.96. The maximum atomic E-state index is 4.70. The Morgan fingerprint density at radius 1 is 0.857 bits per heavy atom. The Morgan fingerprint density at radius 3 is 2.05 bits per heavy atom. The Morgan fingerprint density at radius 2 is 1.48 bits per heavy atom. The summed E-state index contributed by atoms with van der Waals surface area (Å²) in [4.78, 5) is 4.70. The van der Waals surface area contributed by atoms with Gasteiger partial charge >= 0.3 is 0 Å². The van der Waals surface area contributed by atoms with E-state index in [0.717, 1.165) is 5.65 Å². The summed E-state index contributed by atoms with van der Waals surface area (Å²) >= 11 is 0.